The first-order valence-corrected chi connectivity index (χ1v) is 11.1. The number of carbonyl (C=O) groups is 1. The van der Waals surface area contributed by atoms with Gasteiger partial charge >= 0.3 is 6.03 Å². The zero-order valence-corrected chi connectivity index (χ0v) is 18.9. The van der Waals surface area contributed by atoms with Crippen LogP contribution in [0.2, 0.25) is 0 Å². The predicted molar refractivity (Wildman–Crippen MR) is 133 cm³/mol. The SMILES string of the molecule is C=C(C)c1ccc2c(N3CCOCC3)nc(-c3ccc(NC(=O)Nc4cccnc4)cc3)nn12. The fourth-order valence-corrected chi connectivity index (χ4v) is 3.87. The van der Waals surface area contributed by atoms with Crippen molar-refractivity contribution in [1.82, 2.24) is 19.6 Å². The number of nitrogens with zero attached hydrogens (tertiary/aromatic N) is 5. The van der Waals surface area contributed by atoms with Gasteiger partial charge in [-0.2, -0.15) is 0 Å². The van der Waals surface area contributed by atoms with Gasteiger partial charge in [-0.25, -0.2) is 14.3 Å². The van der Waals surface area contributed by atoms with Crippen molar-refractivity contribution in [3.8, 4) is 11.4 Å². The van der Waals surface area contributed by atoms with Crippen LogP contribution >= 0.6 is 0 Å². The van der Waals surface area contributed by atoms with Crippen molar-refractivity contribution in [3.05, 3.63) is 73.2 Å². The molecular weight excluding hydrogens is 430 g/mol. The number of benzene rings is 1. The quantitative estimate of drug-likeness (QED) is 0.466. The zero-order valence-electron chi connectivity index (χ0n) is 18.9. The van der Waals surface area contributed by atoms with Crippen LogP contribution in [-0.4, -0.2) is 51.9 Å². The number of nitrogens with one attached hydrogen (secondary N) is 2. The van der Waals surface area contributed by atoms with Crippen LogP contribution < -0.4 is 15.5 Å². The fraction of sp³-hybridized carbons (Fsp3) is 0.200. The second kappa shape index (κ2) is 9.32. The molecule has 5 rings (SSSR count). The molecule has 2 N–H and O–H groups in total. The molecule has 0 atom stereocenters. The first-order valence-electron chi connectivity index (χ1n) is 11.1. The predicted octanol–water partition coefficient (Wildman–Crippen LogP) is 4.31. The lowest BCUT2D eigenvalue weighted by Crippen LogP contribution is -2.37. The number of carbonyl (C=O) groups excluding carboxylic acids is 1. The monoisotopic (exact) mass is 455 g/mol. The highest BCUT2D eigenvalue weighted by molar-refractivity contribution is 5.99. The van der Waals surface area contributed by atoms with Crippen LogP contribution in [0.4, 0.5) is 22.0 Å². The van der Waals surface area contributed by atoms with Gasteiger partial charge in [-0.15, -0.1) is 5.10 Å². The van der Waals surface area contributed by atoms with Gasteiger partial charge in [0.2, 0.25) is 0 Å². The molecule has 34 heavy (non-hydrogen) atoms. The van der Waals surface area contributed by atoms with Crippen molar-refractivity contribution in [2.75, 3.05) is 41.8 Å². The van der Waals surface area contributed by atoms with Gasteiger partial charge in [0.25, 0.3) is 0 Å². The number of amides is 2. The summed E-state index contributed by atoms with van der Waals surface area (Å²) < 4.78 is 7.43. The van der Waals surface area contributed by atoms with Crippen molar-refractivity contribution in [2.24, 2.45) is 0 Å². The molecule has 4 heterocycles. The summed E-state index contributed by atoms with van der Waals surface area (Å²) in [5.41, 5.74) is 4.93. The molecule has 1 aliphatic heterocycles. The van der Waals surface area contributed by atoms with Crippen molar-refractivity contribution >= 4 is 34.3 Å². The third-order valence-electron chi connectivity index (χ3n) is 5.56. The van der Waals surface area contributed by atoms with Gasteiger partial charge in [0.1, 0.15) is 5.52 Å². The molecule has 0 bridgehead atoms. The first kappa shape index (κ1) is 21.6. The number of pyridine rings is 1. The van der Waals surface area contributed by atoms with Gasteiger partial charge in [0.05, 0.1) is 30.8 Å². The summed E-state index contributed by atoms with van der Waals surface area (Å²) in [6.07, 6.45) is 3.24. The molecule has 0 saturated carbocycles. The Balaban J connectivity index is 1.43. The number of aromatic nitrogens is 4. The molecule has 1 saturated heterocycles. The lowest BCUT2D eigenvalue weighted by atomic mass is 10.2. The van der Waals surface area contributed by atoms with E-state index in [0.29, 0.717) is 30.4 Å². The number of urea groups is 1. The average Bonchev–Trinajstić information content (AvgIpc) is 3.29. The molecule has 172 valence electrons. The van der Waals surface area contributed by atoms with E-state index in [2.05, 4.69) is 27.1 Å². The third kappa shape index (κ3) is 4.46. The number of morpholine rings is 1. The Hall–Kier alpha value is -4.24. The molecule has 0 unspecified atom stereocenters. The van der Waals surface area contributed by atoms with Crippen molar-refractivity contribution < 1.29 is 9.53 Å². The molecule has 2 amide bonds. The summed E-state index contributed by atoms with van der Waals surface area (Å²) in [4.78, 5) is 23.4. The van der Waals surface area contributed by atoms with Crippen LogP contribution in [0.25, 0.3) is 22.5 Å². The second-order valence-electron chi connectivity index (χ2n) is 8.05. The summed E-state index contributed by atoms with van der Waals surface area (Å²) in [6.45, 7) is 8.94. The molecule has 1 aromatic carbocycles. The van der Waals surface area contributed by atoms with Crippen molar-refractivity contribution in [1.29, 1.82) is 0 Å². The van der Waals surface area contributed by atoms with E-state index in [4.69, 9.17) is 14.8 Å². The van der Waals surface area contributed by atoms with Gasteiger partial charge in [0.15, 0.2) is 11.6 Å². The number of anilines is 3. The Morgan fingerprint density at radius 2 is 1.79 bits per heavy atom. The highest BCUT2D eigenvalue weighted by Gasteiger charge is 2.20. The maximum absolute atomic E-state index is 12.3. The van der Waals surface area contributed by atoms with Gasteiger partial charge < -0.3 is 20.3 Å². The molecule has 1 aliphatic rings. The maximum Gasteiger partial charge on any atom is 0.323 e. The topological polar surface area (TPSA) is 96.7 Å². The maximum atomic E-state index is 12.3. The minimum Gasteiger partial charge on any atom is -0.378 e. The average molecular weight is 456 g/mol. The second-order valence-corrected chi connectivity index (χ2v) is 8.05. The summed E-state index contributed by atoms with van der Waals surface area (Å²) >= 11 is 0. The largest absolute Gasteiger partial charge is 0.378 e. The minimum atomic E-state index is -0.341. The molecule has 3 aromatic heterocycles. The van der Waals surface area contributed by atoms with Crippen LogP contribution in [0, 0.1) is 0 Å². The number of rotatable bonds is 5. The Morgan fingerprint density at radius 3 is 2.50 bits per heavy atom. The van der Waals surface area contributed by atoms with Crippen molar-refractivity contribution in [2.45, 2.75) is 6.92 Å². The number of fused-ring (bicyclic) bond motifs is 1. The van der Waals surface area contributed by atoms with E-state index in [1.165, 1.54) is 0 Å². The molecule has 9 nitrogen and oxygen atoms in total. The molecule has 9 heteroatoms. The smallest absolute Gasteiger partial charge is 0.323 e. The van der Waals surface area contributed by atoms with Crippen LogP contribution in [-0.2, 0) is 4.74 Å². The van der Waals surface area contributed by atoms with Crippen LogP contribution in [0.15, 0.2) is 67.5 Å². The van der Waals surface area contributed by atoms with Gasteiger partial charge in [0, 0.05) is 30.5 Å². The molecule has 0 aliphatic carbocycles. The highest BCUT2D eigenvalue weighted by Crippen LogP contribution is 2.28. The lowest BCUT2D eigenvalue weighted by molar-refractivity contribution is 0.122. The van der Waals surface area contributed by atoms with Crippen LogP contribution in [0.5, 0.6) is 0 Å². The number of hydrogen-bond acceptors (Lipinski definition) is 6. The van der Waals surface area contributed by atoms with E-state index < -0.39 is 0 Å². The van der Waals surface area contributed by atoms with E-state index in [-0.39, 0.29) is 6.03 Å². The third-order valence-corrected chi connectivity index (χ3v) is 5.56. The van der Waals surface area contributed by atoms with Gasteiger partial charge in [-0.3, -0.25) is 4.98 Å². The van der Waals surface area contributed by atoms with Gasteiger partial charge in [-0.05, 0) is 61.0 Å². The Labute approximate surface area is 197 Å². The highest BCUT2D eigenvalue weighted by atomic mass is 16.5. The molecular formula is C25H25N7O2. The summed E-state index contributed by atoms with van der Waals surface area (Å²) in [6, 6.07) is 14.7. The van der Waals surface area contributed by atoms with Crippen LogP contribution in [0.1, 0.15) is 12.6 Å². The lowest BCUT2D eigenvalue weighted by Gasteiger charge is -2.28. The van der Waals surface area contributed by atoms with E-state index in [0.717, 1.165) is 41.3 Å². The zero-order chi connectivity index (χ0) is 23.5. The van der Waals surface area contributed by atoms with E-state index in [9.17, 15) is 4.79 Å². The van der Waals surface area contributed by atoms with Gasteiger partial charge in [-0.1, -0.05) is 6.58 Å². The molecule has 1 fully saturated rings. The molecule has 4 aromatic rings. The Kier molecular flexibility index (Phi) is 5.92. The molecule has 0 spiro atoms. The normalized spacial score (nSPS) is 13.6. The summed E-state index contributed by atoms with van der Waals surface area (Å²) in [7, 11) is 0. The molecule has 0 radical (unpaired) electrons. The first-order chi connectivity index (χ1) is 16.6. The standard InChI is InChI=1S/C25H25N7O2/c1-17(2)21-9-10-22-24(31-12-14-34-15-13-31)29-23(30-32(21)22)18-5-7-19(8-6-18)27-25(33)28-20-4-3-11-26-16-20/h3-11,16H,1,12-15H2,2H3,(H2,27,28,33). The fourth-order valence-electron chi connectivity index (χ4n) is 3.87. The minimum absolute atomic E-state index is 0.341. The van der Waals surface area contributed by atoms with E-state index >= 15 is 0 Å². The number of hydrogen-bond donors (Lipinski definition) is 2. The van der Waals surface area contributed by atoms with Crippen LogP contribution in [0.3, 0.4) is 0 Å². The van der Waals surface area contributed by atoms with E-state index in [1.54, 1.807) is 24.5 Å². The Bertz CT molecular complexity index is 1330. The number of ether oxygens (including phenoxy) is 1. The summed E-state index contributed by atoms with van der Waals surface area (Å²) in [5, 5.41) is 10.4. The van der Waals surface area contributed by atoms with E-state index in [1.807, 2.05) is 47.8 Å². The number of allylic oxidation sites excluding steroid dienone is 1. The Morgan fingerprint density at radius 1 is 1.03 bits per heavy atom. The van der Waals surface area contributed by atoms with Crippen molar-refractivity contribution in [3.63, 3.8) is 0 Å². The summed E-state index contributed by atoms with van der Waals surface area (Å²) in [5.74, 6) is 1.47.